The van der Waals surface area contributed by atoms with Crippen LogP contribution in [0, 0.1) is 0 Å². The Morgan fingerprint density at radius 2 is 1.96 bits per heavy atom. The number of carbonyl (C=O) groups is 2. The third-order valence-electron chi connectivity index (χ3n) is 3.29. The van der Waals surface area contributed by atoms with E-state index in [2.05, 4.69) is 15.3 Å². The molecule has 0 radical (unpaired) electrons. The summed E-state index contributed by atoms with van der Waals surface area (Å²) in [4.78, 5) is 33.6. The number of anilines is 1. The van der Waals surface area contributed by atoms with Gasteiger partial charge in [0.2, 0.25) is 0 Å². The summed E-state index contributed by atoms with van der Waals surface area (Å²) in [7, 11) is 0. The van der Waals surface area contributed by atoms with Gasteiger partial charge in [0.15, 0.2) is 5.15 Å². The van der Waals surface area contributed by atoms with Crippen LogP contribution in [0.15, 0.2) is 42.9 Å². The van der Waals surface area contributed by atoms with E-state index < -0.39 is 11.8 Å². The SMILES string of the molecule is CCN(CCc1ccncc1)C(=O)C(=O)Nc1cccnc1Cl. The zero-order valence-corrected chi connectivity index (χ0v) is 13.5. The summed E-state index contributed by atoms with van der Waals surface area (Å²) in [5.74, 6) is -1.32. The van der Waals surface area contributed by atoms with Gasteiger partial charge in [0, 0.05) is 31.7 Å². The van der Waals surface area contributed by atoms with Gasteiger partial charge in [-0.3, -0.25) is 14.6 Å². The number of halogens is 1. The van der Waals surface area contributed by atoms with Crippen molar-refractivity contribution in [3.8, 4) is 0 Å². The molecule has 0 unspecified atom stereocenters. The van der Waals surface area contributed by atoms with Crippen molar-refractivity contribution in [2.45, 2.75) is 13.3 Å². The molecule has 2 aromatic rings. The molecule has 7 heteroatoms. The molecule has 2 rings (SSSR count). The van der Waals surface area contributed by atoms with Crippen molar-refractivity contribution in [3.05, 3.63) is 53.6 Å². The third kappa shape index (κ3) is 4.75. The molecule has 0 spiro atoms. The Kier molecular flexibility index (Phi) is 6.05. The molecule has 2 amide bonds. The van der Waals surface area contributed by atoms with Gasteiger partial charge in [0.05, 0.1) is 5.69 Å². The number of nitrogens with zero attached hydrogens (tertiary/aromatic N) is 3. The van der Waals surface area contributed by atoms with Crippen molar-refractivity contribution >= 4 is 29.1 Å². The lowest BCUT2D eigenvalue weighted by Crippen LogP contribution is -2.40. The fraction of sp³-hybridized carbons (Fsp3) is 0.250. The fourth-order valence-corrected chi connectivity index (χ4v) is 2.18. The summed E-state index contributed by atoms with van der Waals surface area (Å²) in [6.07, 6.45) is 5.56. The van der Waals surface area contributed by atoms with Crippen LogP contribution in [-0.2, 0) is 16.0 Å². The first kappa shape index (κ1) is 16.9. The summed E-state index contributed by atoms with van der Waals surface area (Å²) >= 11 is 5.87. The van der Waals surface area contributed by atoms with Crippen LogP contribution in [0.4, 0.5) is 5.69 Å². The molecule has 1 N–H and O–H groups in total. The standard InChI is InChI=1S/C16H17ClN4O2/c1-2-21(11-7-12-5-9-18-10-6-12)16(23)15(22)20-13-4-3-8-19-14(13)17/h3-6,8-10H,2,7,11H2,1H3,(H,20,22). The van der Waals surface area contributed by atoms with Crippen LogP contribution in [0.2, 0.25) is 5.15 Å². The van der Waals surface area contributed by atoms with E-state index in [0.29, 0.717) is 25.2 Å². The van der Waals surface area contributed by atoms with Crippen LogP contribution in [0.25, 0.3) is 0 Å². The lowest BCUT2D eigenvalue weighted by atomic mass is 10.2. The van der Waals surface area contributed by atoms with E-state index in [1.807, 2.05) is 19.1 Å². The Balaban J connectivity index is 1.96. The van der Waals surface area contributed by atoms with E-state index in [4.69, 9.17) is 11.6 Å². The number of pyridine rings is 2. The molecule has 0 fully saturated rings. The summed E-state index contributed by atoms with van der Waals surface area (Å²) in [5, 5.41) is 2.64. The highest BCUT2D eigenvalue weighted by atomic mass is 35.5. The number of hydrogen-bond donors (Lipinski definition) is 1. The van der Waals surface area contributed by atoms with Gasteiger partial charge in [0.1, 0.15) is 0 Å². The predicted octanol–water partition coefficient (Wildman–Crippen LogP) is 2.16. The van der Waals surface area contributed by atoms with E-state index in [9.17, 15) is 9.59 Å². The summed E-state index contributed by atoms with van der Waals surface area (Å²) < 4.78 is 0. The molecule has 120 valence electrons. The zero-order valence-electron chi connectivity index (χ0n) is 12.7. The molecular weight excluding hydrogens is 316 g/mol. The van der Waals surface area contributed by atoms with Gasteiger partial charge in [0.25, 0.3) is 0 Å². The largest absolute Gasteiger partial charge is 0.334 e. The lowest BCUT2D eigenvalue weighted by Gasteiger charge is -2.20. The maximum Gasteiger partial charge on any atom is 0.313 e. The van der Waals surface area contributed by atoms with Crippen LogP contribution in [0.3, 0.4) is 0 Å². The first-order chi connectivity index (χ1) is 11.1. The first-order valence-electron chi connectivity index (χ1n) is 7.21. The average Bonchev–Trinajstić information content (AvgIpc) is 2.58. The smallest absolute Gasteiger partial charge is 0.313 e. The van der Waals surface area contributed by atoms with E-state index in [1.54, 1.807) is 24.5 Å². The molecule has 0 saturated heterocycles. The highest BCUT2D eigenvalue weighted by Crippen LogP contribution is 2.17. The lowest BCUT2D eigenvalue weighted by molar-refractivity contribution is -0.143. The number of aromatic nitrogens is 2. The van der Waals surface area contributed by atoms with Gasteiger partial charge in [-0.15, -0.1) is 0 Å². The van der Waals surface area contributed by atoms with Crippen LogP contribution in [0.1, 0.15) is 12.5 Å². The van der Waals surface area contributed by atoms with Crippen molar-refractivity contribution < 1.29 is 9.59 Å². The number of amides is 2. The van der Waals surface area contributed by atoms with Gasteiger partial charge in [-0.1, -0.05) is 11.6 Å². The zero-order chi connectivity index (χ0) is 16.7. The van der Waals surface area contributed by atoms with Gasteiger partial charge >= 0.3 is 11.8 Å². The molecule has 0 aliphatic heterocycles. The third-order valence-corrected chi connectivity index (χ3v) is 3.59. The van der Waals surface area contributed by atoms with Crippen molar-refractivity contribution in [2.75, 3.05) is 18.4 Å². The van der Waals surface area contributed by atoms with E-state index in [1.165, 1.54) is 11.1 Å². The summed E-state index contributed by atoms with van der Waals surface area (Å²) in [5.41, 5.74) is 1.37. The average molecular weight is 333 g/mol. The topological polar surface area (TPSA) is 75.2 Å². The Morgan fingerprint density at radius 3 is 2.61 bits per heavy atom. The minimum absolute atomic E-state index is 0.147. The van der Waals surface area contributed by atoms with Crippen molar-refractivity contribution in [3.63, 3.8) is 0 Å². The van der Waals surface area contributed by atoms with Gasteiger partial charge in [-0.25, -0.2) is 4.98 Å². The first-order valence-corrected chi connectivity index (χ1v) is 7.59. The molecule has 6 nitrogen and oxygen atoms in total. The Bertz CT molecular complexity index is 679. The number of likely N-dealkylation sites (N-methyl/N-ethyl adjacent to an activating group) is 1. The molecule has 0 atom stereocenters. The molecule has 0 saturated carbocycles. The predicted molar refractivity (Wildman–Crippen MR) is 88.1 cm³/mol. The van der Waals surface area contributed by atoms with Crippen molar-refractivity contribution in [1.29, 1.82) is 0 Å². The number of nitrogens with one attached hydrogen (secondary N) is 1. The second kappa shape index (κ2) is 8.24. The normalized spacial score (nSPS) is 10.2. The van der Waals surface area contributed by atoms with Crippen LogP contribution in [0.5, 0.6) is 0 Å². The second-order valence-electron chi connectivity index (χ2n) is 4.79. The molecule has 0 bridgehead atoms. The highest BCUT2D eigenvalue weighted by molar-refractivity contribution is 6.41. The highest BCUT2D eigenvalue weighted by Gasteiger charge is 2.21. The monoisotopic (exact) mass is 332 g/mol. The van der Waals surface area contributed by atoms with Crippen molar-refractivity contribution in [2.24, 2.45) is 0 Å². The molecule has 0 aromatic carbocycles. The van der Waals surface area contributed by atoms with Gasteiger partial charge < -0.3 is 10.2 Å². The van der Waals surface area contributed by atoms with E-state index in [0.717, 1.165) is 5.56 Å². The second-order valence-corrected chi connectivity index (χ2v) is 5.14. The van der Waals surface area contributed by atoms with Crippen LogP contribution < -0.4 is 5.32 Å². The maximum atomic E-state index is 12.2. The molecule has 23 heavy (non-hydrogen) atoms. The van der Waals surface area contributed by atoms with E-state index in [-0.39, 0.29) is 5.15 Å². The Morgan fingerprint density at radius 1 is 1.22 bits per heavy atom. The molecule has 2 aromatic heterocycles. The van der Waals surface area contributed by atoms with E-state index >= 15 is 0 Å². The molecular formula is C16H17ClN4O2. The quantitative estimate of drug-likeness (QED) is 0.672. The summed E-state index contributed by atoms with van der Waals surface area (Å²) in [6.45, 7) is 2.72. The minimum Gasteiger partial charge on any atom is -0.334 e. The Hall–Kier alpha value is -2.47. The number of hydrogen-bond acceptors (Lipinski definition) is 4. The molecule has 0 aliphatic rings. The molecule has 0 aliphatic carbocycles. The minimum atomic E-state index is -0.725. The van der Waals surface area contributed by atoms with Gasteiger partial charge in [-0.05, 0) is 43.2 Å². The number of rotatable bonds is 5. The van der Waals surface area contributed by atoms with Crippen molar-refractivity contribution in [1.82, 2.24) is 14.9 Å². The fourth-order valence-electron chi connectivity index (χ4n) is 2.02. The Labute approximate surface area is 139 Å². The molecule has 2 heterocycles. The maximum absolute atomic E-state index is 12.2. The van der Waals surface area contributed by atoms with Crippen LogP contribution in [-0.4, -0.2) is 39.8 Å². The number of carbonyl (C=O) groups excluding carboxylic acids is 2. The van der Waals surface area contributed by atoms with Crippen LogP contribution >= 0.6 is 11.6 Å². The van der Waals surface area contributed by atoms with Gasteiger partial charge in [-0.2, -0.15) is 0 Å². The summed E-state index contributed by atoms with van der Waals surface area (Å²) in [6, 6.07) is 6.99.